The summed E-state index contributed by atoms with van der Waals surface area (Å²) in [5.74, 6) is -3.05. The lowest BCUT2D eigenvalue weighted by molar-refractivity contribution is -0.132. The van der Waals surface area contributed by atoms with Crippen LogP contribution in [0.1, 0.15) is 11.3 Å². The Labute approximate surface area is 128 Å². The molecule has 1 amide bonds. The average molecular weight is 376 g/mol. The Morgan fingerprint density at radius 1 is 1.68 bits per heavy atom. The third-order valence-electron chi connectivity index (χ3n) is 2.80. The second-order valence-corrected chi connectivity index (χ2v) is 6.33. The molecule has 3 nitrogen and oxygen atoms in total. The van der Waals surface area contributed by atoms with Crippen molar-refractivity contribution < 1.29 is 13.6 Å². The number of alkyl halides is 2. The highest BCUT2D eigenvalue weighted by Gasteiger charge is 2.43. The van der Waals surface area contributed by atoms with Crippen LogP contribution in [0.25, 0.3) is 0 Å². The molecular weight excluding hydrogens is 362 g/mol. The van der Waals surface area contributed by atoms with E-state index in [0.29, 0.717) is 6.54 Å². The van der Waals surface area contributed by atoms with Crippen molar-refractivity contribution in [2.45, 2.75) is 24.9 Å². The van der Waals surface area contributed by atoms with Gasteiger partial charge in [-0.25, -0.2) is 8.78 Å². The van der Waals surface area contributed by atoms with E-state index in [-0.39, 0.29) is 18.3 Å². The molecule has 0 saturated carbocycles. The average Bonchev–Trinajstić information content (AvgIpc) is 2.83. The summed E-state index contributed by atoms with van der Waals surface area (Å²) in [6.45, 7) is 0.0284. The summed E-state index contributed by atoms with van der Waals surface area (Å²) in [6.07, 6.45) is -0.412. The molecule has 1 atom stereocenters. The van der Waals surface area contributed by atoms with Gasteiger partial charge in [0.25, 0.3) is 5.92 Å². The van der Waals surface area contributed by atoms with Crippen molar-refractivity contribution in [2.75, 3.05) is 13.6 Å². The van der Waals surface area contributed by atoms with E-state index in [1.54, 1.807) is 7.05 Å². The number of likely N-dealkylation sites (N-methyl/N-ethyl adjacent to an activating group) is 1. The molecule has 0 aliphatic carbocycles. The molecule has 1 aromatic heterocycles. The van der Waals surface area contributed by atoms with Crippen LogP contribution in [0.4, 0.5) is 8.78 Å². The van der Waals surface area contributed by atoms with Gasteiger partial charge in [0.15, 0.2) is 0 Å². The number of hydrogen-bond acceptors (Lipinski definition) is 3. The van der Waals surface area contributed by atoms with E-state index in [1.165, 1.54) is 16.2 Å². The minimum atomic E-state index is -2.77. The van der Waals surface area contributed by atoms with Crippen LogP contribution in [0.3, 0.4) is 0 Å². The number of thiophene rings is 1. The lowest BCUT2D eigenvalue weighted by Crippen LogP contribution is -2.41. The Morgan fingerprint density at radius 3 is 2.84 bits per heavy atom. The van der Waals surface area contributed by atoms with Gasteiger partial charge >= 0.3 is 0 Å². The normalized spacial score (nSPS) is 20.9. The molecule has 1 aliphatic heterocycles. The van der Waals surface area contributed by atoms with Crippen molar-refractivity contribution in [3.8, 4) is 0 Å². The molecule has 2 heterocycles. The van der Waals surface area contributed by atoms with Crippen LogP contribution in [-0.2, 0) is 11.3 Å². The largest absolute Gasteiger partial charge is 0.339 e. The van der Waals surface area contributed by atoms with Gasteiger partial charge in [0.1, 0.15) is 0 Å². The quantitative estimate of drug-likeness (QED) is 0.881. The molecule has 0 radical (unpaired) electrons. The Hall–Kier alpha value is -0.240. The van der Waals surface area contributed by atoms with Crippen LogP contribution in [0.15, 0.2) is 15.9 Å². The lowest BCUT2D eigenvalue weighted by atomic mass is 10.1. The van der Waals surface area contributed by atoms with Gasteiger partial charge in [-0.05, 0) is 22.0 Å². The van der Waals surface area contributed by atoms with Crippen LogP contribution in [-0.4, -0.2) is 36.4 Å². The zero-order valence-electron chi connectivity index (χ0n) is 10.2. The smallest absolute Gasteiger partial charge is 0.262 e. The highest BCUT2D eigenvalue weighted by molar-refractivity contribution is 9.10. The minimum Gasteiger partial charge on any atom is -0.339 e. The van der Waals surface area contributed by atoms with Crippen LogP contribution in [0.5, 0.6) is 0 Å². The van der Waals surface area contributed by atoms with Gasteiger partial charge in [0.05, 0.1) is 19.1 Å². The Bertz CT molecular complexity index is 458. The van der Waals surface area contributed by atoms with Crippen LogP contribution < -0.4 is 5.32 Å². The zero-order valence-corrected chi connectivity index (χ0v) is 13.4. The molecule has 1 unspecified atom stereocenters. The topological polar surface area (TPSA) is 32.3 Å². The Kier molecular flexibility index (Phi) is 5.73. The molecule has 1 N–H and O–H groups in total. The van der Waals surface area contributed by atoms with Gasteiger partial charge in [0, 0.05) is 28.2 Å². The van der Waals surface area contributed by atoms with Gasteiger partial charge in [-0.15, -0.1) is 23.7 Å². The molecule has 1 aromatic rings. The molecule has 108 valence electrons. The summed E-state index contributed by atoms with van der Waals surface area (Å²) >= 11 is 4.86. The predicted molar refractivity (Wildman–Crippen MR) is 77.1 cm³/mol. The molecule has 1 aliphatic rings. The number of rotatable bonds is 3. The fourth-order valence-electron chi connectivity index (χ4n) is 1.90. The van der Waals surface area contributed by atoms with Crippen molar-refractivity contribution in [3.63, 3.8) is 0 Å². The maximum atomic E-state index is 13.0. The zero-order chi connectivity index (χ0) is 13.3. The number of halogens is 4. The number of nitrogens with zero attached hydrogens (tertiary/aromatic N) is 1. The van der Waals surface area contributed by atoms with Gasteiger partial charge in [-0.2, -0.15) is 0 Å². The molecular formula is C11H14BrClF2N2OS. The molecule has 1 saturated heterocycles. The highest BCUT2D eigenvalue weighted by atomic mass is 79.9. The number of carbonyl (C=O) groups excluding carboxylic acids is 1. The van der Waals surface area contributed by atoms with Crippen molar-refractivity contribution in [1.82, 2.24) is 10.2 Å². The van der Waals surface area contributed by atoms with Crippen molar-refractivity contribution >= 4 is 45.6 Å². The first kappa shape index (κ1) is 16.8. The summed E-state index contributed by atoms with van der Waals surface area (Å²) in [5.41, 5.74) is 0. The van der Waals surface area contributed by atoms with Crippen LogP contribution in [0.2, 0.25) is 0 Å². The fourth-order valence-corrected chi connectivity index (χ4v) is 3.41. The fraction of sp³-hybridized carbons (Fsp3) is 0.545. The number of hydrogen-bond donors (Lipinski definition) is 1. The van der Waals surface area contributed by atoms with Crippen molar-refractivity contribution in [3.05, 3.63) is 20.8 Å². The Balaban J connectivity index is 0.00000180. The summed E-state index contributed by atoms with van der Waals surface area (Å²) in [4.78, 5) is 14.5. The second-order valence-electron chi connectivity index (χ2n) is 4.42. The van der Waals surface area contributed by atoms with E-state index in [9.17, 15) is 13.6 Å². The third-order valence-corrected chi connectivity index (χ3v) is 4.48. The van der Waals surface area contributed by atoms with Gasteiger partial charge in [-0.3, -0.25) is 10.1 Å². The van der Waals surface area contributed by atoms with Crippen LogP contribution in [0, 0.1) is 0 Å². The minimum absolute atomic E-state index is 0. The summed E-state index contributed by atoms with van der Waals surface area (Å²) < 4.78 is 27.0. The van der Waals surface area contributed by atoms with E-state index < -0.39 is 24.9 Å². The molecule has 1 fully saturated rings. The first-order valence-electron chi connectivity index (χ1n) is 5.46. The molecule has 8 heteroatoms. The highest BCUT2D eigenvalue weighted by Crippen LogP contribution is 2.26. The van der Waals surface area contributed by atoms with E-state index in [4.69, 9.17) is 0 Å². The molecule has 2 rings (SSSR count). The Morgan fingerprint density at radius 2 is 2.37 bits per heavy atom. The van der Waals surface area contributed by atoms with E-state index in [2.05, 4.69) is 21.2 Å². The summed E-state index contributed by atoms with van der Waals surface area (Å²) in [5, 5.41) is 4.50. The van der Waals surface area contributed by atoms with E-state index in [0.717, 1.165) is 9.35 Å². The van der Waals surface area contributed by atoms with E-state index >= 15 is 0 Å². The first-order valence-corrected chi connectivity index (χ1v) is 7.14. The molecule has 0 aromatic carbocycles. The summed E-state index contributed by atoms with van der Waals surface area (Å²) in [6, 6.07) is 1.15. The molecule has 0 bridgehead atoms. The van der Waals surface area contributed by atoms with Gasteiger partial charge in [-0.1, -0.05) is 0 Å². The van der Waals surface area contributed by atoms with Gasteiger partial charge < -0.3 is 4.90 Å². The van der Waals surface area contributed by atoms with Gasteiger partial charge in [0.2, 0.25) is 5.91 Å². The first-order chi connectivity index (χ1) is 8.37. The maximum Gasteiger partial charge on any atom is 0.262 e. The third kappa shape index (κ3) is 4.37. The van der Waals surface area contributed by atoms with Crippen molar-refractivity contribution in [1.29, 1.82) is 0 Å². The van der Waals surface area contributed by atoms with Crippen LogP contribution >= 0.6 is 39.7 Å². The standard InChI is InChI=1S/C11H13BrF2N2OS.ClH/c1-16(4-8-2-7(12)5-18-8)10(17)9-3-11(13,14)6-15-9;/h2,5,9,15H,3-4,6H2,1H3;1H. The number of nitrogens with one attached hydrogen (secondary N) is 1. The SMILES string of the molecule is CN(Cc1cc(Br)cs1)C(=O)C1CC(F)(F)CN1.Cl. The monoisotopic (exact) mass is 374 g/mol. The van der Waals surface area contributed by atoms with Crippen molar-refractivity contribution in [2.24, 2.45) is 0 Å². The number of amides is 1. The lowest BCUT2D eigenvalue weighted by Gasteiger charge is -2.20. The van der Waals surface area contributed by atoms with E-state index in [1.807, 2.05) is 11.4 Å². The molecule has 0 spiro atoms. The summed E-state index contributed by atoms with van der Waals surface area (Å²) in [7, 11) is 1.63. The number of carbonyl (C=O) groups is 1. The maximum absolute atomic E-state index is 13.0. The molecule has 19 heavy (non-hydrogen) atoms. The second kappa shape index (κ2) is 6.47. The predicted octanol–water partition coefficient (Wildman–Crippen LogP) is 2.89.